The number of ether oxygens (including phenoxy) is 3. The van der Waals surface area contributed by atoms with Crippen molar-refractivity contribution in [2.75, 3.05) is 33.5 Å². The quantitative estimate of drug-likeness (QED) is 0.372. The summed E-state index contributed by atoms with van der Waals surface area (Å²) in [6.45, 7) is 4.66. The first-order valence-electron chi connectivity index (χ1n) is 10.3. The highest BCUT2D eigenvalue weighted by atomic mass is 19.1. The molecule has 2 N–H and O–H groups in total. The molecule has 0 fully saturated rings. The highest BCUT2D eigenvalue weighted by Crippen LogP contribution is 2.29. The minimum absolute atomic E-state index is 0.0773. The molecule has 1 heterocycles. The molecule has 7 heteroatoms. The Kier molecular flexibility index (Phi) is 8.47. The normalized spacial score (nSPS) is 14.6. The molecule has 0 aromatic heterocycles. The van der Waals surface area contributed by atoms with Gasteiger partial charge in [-0.15, -0.1) is 0 Å². The van der Waals surface area contributed by atoms with Crippen LogP contribution in [0.15, 0.2) is 47.5 Å². The maximum absolute atomic E-state index is 13.8. The van der Waals surface area contributed by atoms with Gasteiger partial charge in [0, 0.05) is 32.3 Å². The molecule has 3 rings (SSSR count). The summed E-state index contributed by atoms with van der Waals surface area (Å²) in [6.07, 6.45) is 1.56. The van der Waals surface area contributed by atoms with E-state index >= 15 is 0 Å². The molecule has 0 saturated heterocycles. The number of hydrogen-bond acceptors (Lipinski definition) is 4. The Morgan fingerprint density at radius 3 is 2.80 bits per heavy atom. The fraction of sp³-hybridized carbons (Fsp3) is 0.435. The Bertz CT molecular complexity index is 830. The molecule has 30 heavy (non-hydrogen) atoms. The van der Waals surface area contributed by atoms with Gasteiger partial charge in [0.05, 0.1) is 12.7 Å². The lowest BCUT2D eigenvalue weighted by atomic mass is 10.1. The van der Waals surface area contributed by atoms with Crippen molar-refractivity contribution in [2.24, 2.45) is 4.99 Å². The molecule has 6 nitrogen and oxygen atoms in total. The van der Waals surface area contributed by atoms with E-state index in [2.05, 4.69) is 34.7 Å². The summed E-state index contributed by atoms with van der Waals surface area (Å²) in [5, 5.41) is 6.53. The number of aliphatic imine (C=N–C) groups is 1. The largest absolute Gasteiger partial charge is 0.467 e. The topological polar surface area (TPSA) is 64.1 Å². The van der Waals surface area contributed by atoms with E-state index in [1.807, 2.05) is 18.2 Å². The number of benzene rings is 2. The van der Waals surface area contributed by atoms with Gasteiger partial charge in [0.15, 0.2) is 12.8 Å². The number of rotatable bonds is 9. The van der Waals surface area contributed by atoms with E-state index in [0.717, 1.165) is 29.8 Å². The van der Waals surface area contributed by atoms with Crippen molar-refractivity contribution in [3.05, 3.63) is 65.0 Å². The fourth-order valence-corrected chi connectivity index (χ4v) is 3.34. The minimum atomic E-state index is -0.273. The van der Waals surface area contributed by atoms with Gasteiger partial charge in [-0.2, -0.15) is 0 Å². The van der Waals surface area contributed by atoms with Crippen LogP contribution >= 0.6 is 0 Å². The lowest BCUT2D eigenvalue weighted by Crippen LogP contribution is -2.39. The summed E-state index contributed by atoms with van der Waals surface area (Å²) in [5.41, 5.74) is 2.76. The van der Waals surface area contributed by atoms with Crippen LogP contribution in [0.25, 0.3) is 0 Å². The molecule has 0 spiro atoms. The van der Waals surface area contributed by atoms with E-state index < -0.39 is 0 Å². The second-order valence-corrected chi connectivity index (χ2v) is 7.12. The second kappa shape index (κ2) is 11.5. The van der Waals surface area contributed by atoms with Crippen LogP contribution in [0.2, 0.25) is 0 Å². The third-order valence-corrected chi connectivity index (χ3v) is 4.91. The molecule has 162 valence electrons. The summed E-state index contributed by atoms with van der Waals surface area (Å²) >= 11 is 0. The lowest BCUT2D eigenvalue weighted by Gasteiger charge is -2.21. The van der Waals surface area contributed by atoms with E-state index in [-0.39, 0.29) is 18.7 Å². The number of hydrogen-bond donors (Lipinski definition) is 2. The van der Waals surface area contributed by atoms with Gasteiger partial charge >= 0.3 is 0 Å². The van der Waals surface area contributed by atoms with E-state index in [9.17, 15) is 4.39 Å². The van der Waals surface area contributed by atoms with Crippen LogP contribution in [0.1, 0.15) is 36.1 Å². The van der Waals surface area contributed by atoms with Crippen molar-refractivity contribution in [3.63, 3.8) is 0 Å². The van der Waals surface area contributed by atoms with Crippen LogP contribution in [0.5, 0.6) is 5.75 Å². The summed E-state index contributed by atoms with van der Waals surface area (Å²) in [4.78, 5) is 4.23. The predicted octanol–water partition coefficient (Wildman–Crippen LogP) is 3.57. The van der Waals surface area contributed by atoms with Crippen LogP contribution in [0.3, 0.4) is 0 Å². The first-order valence-corrected chi connectivity index (χ1v) is 10.3. The zero-order chi connectivity index (χ0) is 21.2. The van der Waals surface area contributed by atoms with Crippen molar-refractivity contribution in [1.29, 1.82) is 0 Å². The smallest absolute Gasteiger partial charge is 0.190 e. The van der Waals surface area contributed by atoms with Crippen molar-refractivity contribution >= 4 is 5.96 Å². The van der Waals surface area contributed by atoms with Crippen LogP contribution in [-0.2, 0) is 22.5 Å². The Morgan fingerprint density at radius 1 is 1.20 bits per heavy atom. The lowest BCUT2D eigenvalue weighted by molar-refractivity contribution is -0.0172. The number of halogens is 1. The van der Waals surface area contributed by atoms with Crippen LogP contribution in [0.4, 0.5) is 4.39 Å². The highest BCUT2D eigenvalue weighted by molar-refractivity contribution is 5.79. The van der Waals surface area contributed by atoms with Gasteiger partial charge in [-0.1, -0.05) is 30.3 Å². The zero-order valence-corrected chi connectivity index (χ0v) is 17.6. The summed E-state index contributed by atoms with van der Waals surface area (Å²) in [7, 11) is 1.73. The van der Waals surface area contributed by atoms with Gasteiger partial charge in [-0.05, 0) is 43.0 Å². The standard InChI is InChI=1S/C23H30FN3O3/c1-17(18-7-4-3-5-8-18)29-12-6-10-26-23(25-2)27-11-9-19-13-21(24)14-20-15-28-16-30-22(19)20/h3-5,7-8,13-14,17H,6,9-12,15-16H2,1-2H3,(H2,25,26,27). The van der Waals surface area contributed by atoms with Crippen LogP contribution in [0, 0.1) is 5.82 Å². The summed E-state index contributed by atoms with van der Waals surface area (Å²) < 4.78 is 30.5. The molecule has 2 aromatic rings. The number of fused-ring (bicyclic) bond motifs is 1. The molecule has 1 aliphatic rings. The van der Waals surface area contributed by atoms with Gasteiger partial charge in [-0.3, -0.25) is 4.99 Å². The number of nitrogens with one attached hydrogen (secondary N) is 2. The minimum Gasteiger partial charge on any atom is -0.467 e. The van der Waals surface area contributed by atoms with Gasteiger partial charge in [-0.25, -0.2) is 4.39 Å². The molecule has 0 aliphatic carbocycles. The molecular weight excluding hydrogens is 385 g/mol. The maximum atomic E-state index is 13.8. The van der Waals surface area contributed by atoms with Crippen molar-refractivity contribution < 1.29 is 18.6 Å². The number of nitrogens with zero attached hydrogens (tertiary/aromatic N) is 1. The average molecular weight is 416 g/mol. The van der Waals surface area contributed by atoms with Gasteiger partial charge in [0.25, 0.3) is 0 Å². The number of guanidine groups is 1. The molecule has 0 bridgehead atoms. The Balaban J connectivity index is 1.36. The maximum Gasteiger partial charge on any atom is 0.190 e. The average Bonchev–Trinajstić information content (AvgIpc) is 2.77. The monoisotopic (exact) mass is 415 g/mol. The first-order chi connectivity index (χ1) is 14.7. The summed E-state index contributed by atoms with van der Waals surface area (Å²) in [5.74, 6) is 1.17. The van der Waals surface area contributed by atoms with E-state index in [1.54, 1.807) is 7.05 Å². The Labute approximate surface area is 177 Å². The molecule has 1 aliphatic heterocycles. The van der Waals surface area contributed by atoms with E-state index in [0.29, 0.717) is 32.1 Å². The molecule has 2 aromatic carbocycles. The Hall–Kier alpha value is -2.64. The molecule has 1 unspecified atom stereocenters. The van der Waals surface area contributed by atoms with E-state index in [4.69, 9.17) is 14.2 Å². The third kappa shape index (κ3) is 6.43. The zero-order valence-electron chi connectivity index (χ0n) is 17.6. The SMILES string of the molecule is CN=C(NCCCOC(C)c1ccccc1)NCCc1cc(F)cc2c1OCOC2. The molecule has 1 atom stereocenters. The van der Waals surface area contributed by atoms with Crippen LogP contribution < -0.4 is 15.4 Å². The molecular formula is C23H30FN3O3. The highest BCUT2D eigenvalue weighted by Gasteiger charge is 2.16. The Morgan fingerprint density at radius 2 is 2.00 bits per heavy atom. The molecule has 0 radical (unpaired) electrons. The first kappa shape index (κ1) is 22.1. The van der Waals surface area contributed by atoms with Crippen LogP contribution in [-0.4, -0.2) is 39.5 Å². The predicted molar refractivity (Wildman–Crippen MR) is 115 cm³/mol. The second-order valence-electron chi connectivity index (χ2n) is 7.12. The van der Waals surface area contributed by atoms with E-state index in [1.165, 1.54) is 17.7 Å². The van der Waals surface area contributed by atoms with Gasteiger partial charge < -0.3 is 24.8 Å². The summed E-state index contributed by atoms with van der Waals surface area (Å²) in [6, 6.07) is 13.2. The van der Waals surface area contributed by atoms with Crippen molar-refractivity contribution in [3.8, 4) is 5.75 Å². The van der Waals surface area contributed by atoms with Crippen molar-refractivity contribution in [1.82, 2.24) is 10.6 Å². The molecule has 0 amide bonds. The fourth-order valence-electron chi connectivity index (χ4n) is 3.34. The van der Waals surface area contributed by atoms with Crippen molar-refractivity contribution in [2.45, 2.75) is 32.5 Å². The molecule has 0 saturated carbocycles. The third-order valence-electron chi connectivity index (χ3n) is 4.91. The van der Waals surface area contributed by atoms with Gasteiger partial charge in [0.2, 0.25) is 0 Å². The van der Waals surface area contributed by atoms with Gasteiger partial charge in [0.1, 0.15) is 11.6 Å².